The molecule has 5 heteroatoms. The smallest absolute Gasteiger partial charge is 0.341 e. The maximum absolute atomic E-state index is 11.6. The molecule has 0 aromatic heterocycles. The van der Waals surface area contributed by atoms with Crippen LogP contribution >= 0.6 is 0 Å². The lowest BCUT2D eigenvalue weighted by atomic mass is 9.99. The number of ether oxygens (including phenoxy) is 1. The largest absolute Gasteiger partial charge is 0.508 e. The highest BCUT2D eigenvalue weighted by molar-refractivity contribution is 5.95. The molecular weight excluding hydrogens is 236 g/mol. The Kier molecular flexibility index (Phi) is 2.98. The first-order valence-electron chi connectivity index (χ1n) is 5.60. The first-order valence-corrected chi connectivity index (χ1v) is 5.60. The number of carbonyl (C=O) groups is 2. The lowest BCUT2D eigenvalue weighted by molar-refractivity contribution is -0.118. The van der Waals surface area contributed by atoms with Crippen molar-refractivity contribution in [2.75, 3.05) is 7.11 Å². The third kappa shape index (κ3) is 2.03. The van der Waals surface area contributed by atoms with Crippen LogP contribution < -0.4 is 0 Å². The summed E-state index contributed by atoms with van der Waals surface area (Å²) in [5.74, 6) is -1.37. The van der Waals surface area contributed by atoms with E-state index in [4.69, 9.17) is 0 Å². The third-order valence-electron chi connectivity index (χ3n) is 3.23. The molecule has 2 N–H and O–H groups in total. The molecule has 0 radical (unpaired) electrons. The monoisotopic (exact) mass is 250 g/mol. The van der Waals surface area contributed by atoms with Gasteiger partial charge in [-0.1, -0.05) is 0 Å². The minimum atomic E-state index is -0.670. The minimum absolute atomic E-state index is 0.0315. The number of methoxy groups -OCH3 is 1. The Hall–Kier alpha value is -2.04. The normalized spacial score (nSPS) is 21.4. The average Bonchev–Trinajstić information content (AvgIpc) is 3.06. The SMILES string of the molecule is COC(=O)c1c(O)cc(O)cc1[C@H]1C[C@H]1C(C)=O. The van der Waals surface area contributed by atoms with Gasteiger partial charge in [-0.05, 0) is 30.9 Å². The van der Waals surface area contributed by atoms with E-state index < -0.39 is 5.97 Å². The van der Waals surface area contributed by atoms with E-state index in [-0.39, 0.29) is 34.7 Å². The van der Waals surface area contributed by atoms with Crippen LogP contribution in [0.4, 0.5) is 0 Å². The van der Waals surface area contributed by atoms with Gasteiger partial charge in [0, 0.05) is 12.0 Å². The van der Waals surface area contributed by atoms with Crippen molar-refractivity contribution in [1.82, 2.24) is 0 Å². The lowest BCUT2D eigenvalue weighted by Gasteiger charge is -2.10. The zero-order valence-corrected chi connectivity index (χ0v) is 10.1. The Balaban J connectivity index is 2.46. The Morgan fingerprint density at radius 3 is 2.50 bits per heavy atom. The number of hydrogen-bond donors (Lipinski definition) is 2. The summed E-state index contributed by atoms with van der Waals surface area (Å²) in [5, 5.41) is 19.2. The number of rotatable bonds is 3. The molecule has 0 heterocycles. The van der Waals surface area contributed by atoms with Gasteiger partial charge < -0.3 is 14.9 Å². The molecule has 1 aliphatic rings. The van der Waals surface area contributed by atoms with Crippen LogP contribution in [0, 0.1) is 5.92 Å². The van der Waals surface area contributed by atoms with Crippen LogP contribution in [-0.4, -0.2) is 29.1 Å². The van der Waals surface area contributed by atoms with Gasteiger partial charge in [0.05, 0.1) is 7.11 Å². The van der Waals surface area contributed by atoms with Gasteiger partial charge in [0.15, 0.2) is 0 Å². The molecule has 2 rings (SSSR count). The molecule has 1 aromatic rings. The number of esters is 1. The second-order valence-corrected chi connectivity index (χ2v) is 4.48. The summed E-state index contributed by atoms with van der Waals surface area (Å²) in [4.78, 5) is 22.9. The van der Waals surface area contributed by atoms with E-state index in [2.05, 4.69) is 4.74 Å². The van der Waals surface area contributed by atoms with E-state index in [9.17, 15) is 19.8 Å². The molecule has 96 valence electrons. The molecular formula is C13H14O5. The number of phenols is 2. The summed E-state index contributed by atoms with van der Waals surface area (Å²) in [6.07, 6.45) is 0.627. The van der Waals surface area contributed by atoms with Gasteiger partial charge in [-0.3, -0.25) is 4.79 Å². The number of carbonyl (C=O) groups excluding carboxylic acids is 2. The quantitative estimate of drug-likeness (QED) is 0.795. The topological polar surface area (TPSA) is 83.8 Å². The van der Waals surface area contributed by atoms with Crippen LogP contribution in [0.5, 0.6) is 11.5 Å². The summed E-state index contributed by atoms with van der Waals surface area (Å²) < 4.78 is 4.61. The maximum atomic E-state index is 11.6. The fraction of sp³-hybridized carbons (Fsp3) is 0.385. The molecule has 0 amide bonds. The number of hydrogen-bond acceptors (Lipinski definition) is 5. The molecule has 0 aliphatic heterocycles. The summed E-state index contributed by atoms with van der Waals surface area (Å²) >= 11 is 0. The van der Waals surface area contributed by atoms with E-state index >= 15 is 0 Å². The highest BCUT2D eigenvalue weighted by Crippen LogP contribution is 2.51. The number of aromatic hydroxyl groups is 2. The molecule has 1 aliphatic carbocycles. The van der Waals surface area contributed by atoms with Crippen LogP contribution in [0.1, 0.15) is 35.2 Å². The van der Waals surface area contributed by atoms with Crippen LogP contribution in [0.25, 0.3) is 0 Å². The average molecular weight is 250 g/mol. The second kappa shape index (κ2) is 4.33. The molecule has 0 unspecified atom stereocenters. The highest BCUT2D eigenvalue weighted by Gasteiger charge is 2.44. The van der Waals surface area contributed by atoms with Gasteiger partial charge in [0.25, 0.3) is 0 Å². The van der Waals surface area contributed by atoms with Crippen molar-refractivity contribution in [3.05, 3.63) is 23.3 Å². The molecule has 0 saturated heterocycles. The van der Waals surface area contributed by atoms with E-state index in [0.29, 0.717) is 12.0 Å². The number of ketones is 1. The summed E-state index contributed by atoms with van der Waals surface area (Å²) in [5.41, 5.74) is 0.503. The highest BCUT2D eigenvalue weighted by atomic mass is 16.5. The van der Waals surface area contributed by atoms with E-state index in [1.54, 1.807) is 0 Å². The molecule has 0 bridgehead atoms. The van der Waals surface area contributed by atoms with Gasteiger partial charge in [-0.25, -0.2) is 4.79 Å². The molecule has 1 fully saturated rings. The molecule has 5 nitrogen and oxygen atoms in total. The maximum Gasteiger partial charge on any atom is 0.341 e. The molecule has 1 aromatic carbocycles. The van der Waals surface area contributed by atoms with Crippen molar-refractivity contribution in [2.24, 2.45) is 5.92 Å². The van der Waals surface area contributed by atoms with E-state index in [0.717, 1.165) is 6.07 Å². The van der Waals surface area contributed by atoms with E-state index in [1.165, 1.54) is 20.1 Å². The van der Waals surface area contributed by atoms with Crippen LogP contribution in [0.15, 0.2) is 12.1 Å². The molecule has 0 spiro atoms. The number of Topliss-reactive ketones (excluding diaryl/α,β-unsaturated/α-hetero) is 1. The van der Waals surface area contributed by atoms with Gasteiger partial charge >= 0.3 is 5.97 Å². The summed E-state index contributed by atoms with van der Waals surface area (Å²) in [7, 11) is 1.22. The predicted molar refractivity (Wildman–Crippen MR) is 62.6 cm³/mol. The van der Waals surface area contributed by atoms with Crippen molar-refractivity contribution in [3.63, 3.8) is 0 Å². The summed E-state index contributed by atoms with van der Waals surface area (Å²) in [6, 6.07) is 2.49. The van der Waals surface area contributed by atoms with Crippen LogP contribution in [0.2, 0.25) is 0 Å². The minimum Gasteiger partial charge on any atom is -0.508 e. The Labute approximate surface area is 104 Å². The van der Waals surface area contributed by atoms with Gasteiger partial charge in [0.2, 0.25) is 0 Å². The van der Waals surface area contributed by atoms with Gasteiger partial charge in [0.1, 0.15) is 22.8 Å². The molecule has 1 saturated carbocycles. The van der Waals surface area contributed by atoms with E-state index in [1.807, 2.05) is 0 Å². The summed E-state index contributed by atoms with van der Waals surface area (Å²) in [6.45, 7) is 1.49. The fourth-order valence-corrected chi connectivity index (χ4v) is 2.24. The Bertz CT molecular complexity index is 520. The van der Waals surface area contributed by atoms with Crippen LogP contribution in [-0.2, 0) is 9.53 Å². The number of benzene rings is 1. The predicted octanol–water partition coefficient (Wildman–Crippen LogP) is 1.58. The fourth-order valence-electron chi connectivity index (χ4n) is 2.24. The first kappa shape index (κ1) is 12.4. The van der Waals surface area contributed by atoms with Crippen molar-refractivity contribution < 1.29 is 24.5 Å². The second-order valence-electron chi connectivity index (χ2n) is 4.48. The third-order valence-corrected chi connectivity index (χ3v) is 3.23. The van der Waals surface area contributed by atoms with Crippen molar-refractivity contribution >= 4 is 11.8 Å². The number of phenolic OH excluding ortho intramolecular Hbond substituents is 2. The Morgan fingerprint density at radius 1 is 1.33 bits per heavy atom. The van der Waals surface area contributed by atoms with Crippen molar-refractivity contribution in [2.45, 2.75) is 19.3 Å². The van der Waals surface area contributed by atoms with Crippen LogP contribution in [0.3, 0.4) is 0 Å². The van der Waals surface area contributed by atoms with Crippen molar-refractivity contribution in [1.29, 1.82) is 0 Å². The zero-order valence-electron chi connectivity index (χ0n) is 10.1. The lowest BCUT2D eigenvalue weighted by Crippen LogP contribution is -2.07. The van der Waals surface area contributed by atoms with Crippen molar-refractivity contribution in [3.8, 4) is 11.5 Å². The molecule has 18 heavy (non-hydrogen) atoms. The standard InChI is InChI=1S/C13H14O5/c1-6(14)8-5-9(8)10-3-7(15)4-11(16)12(10)13(17)18-2/h3-4,8-9,15-16H,5H2,1-2H3/t8-,9-/m0/s1. The van der Waals surface area contributed by atoms with Gasteiger partial charge in [-0.2, -0.15) is 0 Å². The Morgan fingerprint density at radius 2 is 2.00 bits per heavy atom. The van der Waals surface area contributed by atoms with Gasteiger partial charge in [-0.15, -0.1) is 0 Å². The molecule has 2 atom stereocenters. The first-order chi connectivity index (χ1) is 8.45. The zero-order chi connectivity index (χ0) is 13.4.